The van der Waals surface area contributed by atoms with Crippen molar-refractivity contribution in [2.75, 3.05) is 4.90 Å². The SMILES string of the molecule is C=CNN/N=C(\C)c1ccccc1-c1ccc(N(C=O)/C(=C\C)CCCC)cn1. The fraction of sp³-hybridized carbons (Fsp3) is 0.261. The van der Waals surface area contributed by atoms with Gasteiger partial charge in [-0.15, -0.1) is 0 Å². The molecule has 1 aromatic carbocycles. The lowest BCUT2D eigenvalue weighted by Crippen LogP contribution is -2.22. The molecule has 0 fully saturated rings. The Bertz CT molecular complexity index is 871. The Morgan fingerprint density at radius 2 is 2.07 bits per heavy atom. The van der Waals surface area contributed by atoms with Crippen LogP contribution in [0.4, 0.5) is 5.69 Å². The number of nitrogens with zero attached hydrogens (tertiary/aromatic N) is 3. The van der Waals surface area contributed by atoms with Crippen molar-refractivity contribution in [2.45, 2.75) is 40.0 Å². The van der Waals surface area contributed by atoms with E-state index in [0.717, 1.165) is 59.6 Å². The summed E-state index contributed by atoms with van der Waals surface area (Å²) in [6.45, 7) is 9.59. The monoisotopic (exact) mass is 391 g/mol. The van der Waals surface area contributed by atoms with Gasteiger partial charge in [0.1, 0.15) is 0 Å². The van der Waals surface area contributed by atoms with E-state index in [2.05, 4.69) is 34.5 Å². The second-order valence-electron chi connectivity index (χ2n) is 6.46. The van der Waals surface area contributed by atoms with E-state index in [0.29, 0.717) is 0 Å². The van der Waals surface area contributed by atoms with Crippen LogP contribution in [0.15, 0.2) is 72.2 Å². The smallest absolute Gasteiger partial charge is 0.218 e. The van der Waals surface area contributed by atoms with E-state index in [1.165, 1.54) is 6.20 Å². The fourth-order valence-electron chi connectivity index (χ4n) is 2.99. The molecule has 2 N–H and O–H groups in total. The number of hydrogen-bond donors (Lipinski definition) is 2. The number of nitrogens with one attached hydrogen (secondary N) is 2. The van der Waals surface area contributed by atoms with Crippen molar-refractivity contribution in [1.29, 1.82) is 0 Å². The van der Waals surface area contributed by atoms with E-state index in [9.17, 15) is 4.79 Å². The summed E-state index contributed by atoms with van der Waals surface area (Å²) in [4.78, 5) is 18.0. The zero-order chi connectivity index (χ0) is 21.1. The number of aromatic nitrogens is 1. The molecule has 0 bridgehead atoms. The first-order chi connectivity index (χ1) is 14.2. The number of pyridine rings is 1. The second kappa shape index (κ2) is 11.4. The van der Waals surface area contributed by atoms with Gasteiger partial charge in [-0.2, -0.15) is 5.10 Å². The van der Waals surface area contributed by atoms with E-state index >= 15 is 0 Å². The molecule has 1 aromatic heterocycles. The van der Waals surface area contributed by atoms with E-state index in [-0.39, 0.29) is 0 Å². The number of hydrazine groups is 1. The molecule has 6 heteroatoms. The van der Waals surface area contributed by atoms with Crippen LogP contribution < -0.4 is 15.9 Å². The lowest BCUT2D eigenvalue weighted by atomic mass is 10.0. The minimum Gasteiger partial charge on any atom is -0.293 e. The Morgan fingerprint density at radius 1 is 1.28 bits per heavy atom. The first-order valence-electron chi connectivity index (χ1n) is 9.77. The second-order valence-corrected chi connectivity index (χ2v) is 6.46. The molecule has 0 radical (unpaired) electrons. The van der Waals surface area contributed by atoms with Crippen LogP contribution in [0.25, 0.3) is 11.3 Å². The maximum atomic E-state index is 11.7. The van der Waals surface area contributed by atoms with Crippen LogP contribution in [0, 0.1) is 0 Å². The third-order valence-corrected chi connectivity index (χ3v) is 4.54. The van der Waals surface area contributed by atoms with E-state index in [4.69, 9.17) is 0 Å². The van der Waals surface area contributed by atoms with Crippen molar-refractivity contribution in [1.82, 2.24) is 15.9 Å². The van der Waals surface area contributed by atoms with Gasteiger partial charge in [0.05, 0.1) is 23.3 Å². The van der Waals surface area contributed by atoms with Crippen molar-refractivity contribution < 1.29 is 4.79 Å². The summed E-state index contributed by atoms with van der Waals surface area (Å²) in [5.41, 5.74) is 10.8. The van der Waals surface area contributed by atoms with Crippen LogP contribution in [0.3, 0.4) is 0 Å². The van der Waals surface area contributed by atoms with Crippen LogP contribution in [0.5, 0.6) is 0 Å². The zero-order valence-electron chi connectivity index (χ0n) is 17.4. The van der Waals surface area contributed by atoms with Crippen molar-refractivity contribution in [3.05, 3.63) is 72.7 Å². The lowest BCUT2D eigenvalue weighted by molar-refractivity contribution is -0.107. The average Bonchev–Trinajstić information content (AvgIpc) is 2.77. The highest BCUT2D eigenvalue weighted by atomic mass is 16.1. The molecule has 1 amide bonds. The summed E-state index contributed by atoms with van der Waals surface area (Å²) in [5, 5.41) is 4.29. The molecule has 0 spiro atoms. The number of hydrogen-bond acceptors (Lipinski definition) is 5. The summed E-state index contributed by atoms with van der Waals surface area (Å²) >= 11 is 0. The Balaban J connectivity index is 2.32. The minimum absolute atomic E-state index is 0.757. The number of amides is 1. The normalized spacial score (nSPS) is 11.7. The Morgan fingerprint density at radius 3 is 2.69 bits per heavy atom. The van der Waals surface area contributed by atoms with Crippen LogP contribution in [0.1, 0.15) is 45.6 Å². The summed E-state index contributed by atoms with van der Waals surface area (Å²) in [5.74, 6) is 0. The molecule has 2 aromatic rings. The number of carbonyl (C=O) groups excluding carboxylic acids is 1. The largest absolute Gasteiger partial charge is 0.293 e. The topological polar surface area (TPSA) is 69.6 Å². The molecule has 2 rings (SSSR count). The Hall–Kier alpha value is -3.41. The van der Waals surface area contributed by atoms with Gasteiger partial charge in [-0.05, 0) is 38.8 Å². The molecule has 0 aliphatic carbocycles. The zero-order valence-corrected chi connectivity index (χ0v) is 17.4. The quantitative estimate of drug-likeness (QED) is 0.251. The number of rotatable bonds is 11. The van der Waals surface area contributed by atoms with Crippen LogP contribution in [-0.2, 0) is 4.79 Å². The fourth-order valence-corrected chi connectivity index (χ4v) is 2.99. The molecule has 0 aliphatic heterocycles. The van der Waals surface area contributed by atoms with E-state index in [1.807, 2.05) is 56.3 Å². The molecular weight excluding hydrogens is 362 g/mol. The number of hydrazone groups is 1. The van der Waals surface area contributed by atoms with Gasteiger partial charge in [0.15, 0.2) is 0 Å². The molecule has 0 saturated carbocycles. The first kappa shape index (κ1) is 21.9. The third-order valence-electron chi connectivity index (χ3n) is 4.54. The molecule has 29 heavy (non-hydrogen) atoms. The predicted molar refractivity (Wildman–Crippen MR) is 120 cm³/mol. The highest BCUT2D eigenvalue weighted by Gasteiger charge is 2.13. The van der Waals surface area contributed by atoms with Gasteiger partial charge in [-0.25, -0.2) is 5.53 Å². The number of unbranched alkanes of at least 4 members (excludes halogenated alkanes) is 1. The molecule has 0 unspecified atom stereocenters. The van der Waals surface area contributed by atoms with Crippen LogP contribution >= 0.6 is 0 Å². The highest BCUT2D eigenvalue weighted by molar-refractivity contribution is 6.04. The number of benzene rings is 1. The van der Waals surface area contributed by atoms with Crippen molar-refractivity contribution >= 4 is 17.8 Å². The molecular formula is C23H29N5O. The maximum Gasteiger partial charge on any atom is 0.218 e. The standard InChI is InChI=1S/C23H29N5O/c1-5-8-11-19(6-2)28(17-29)20-14-15-23(24-16-20)22-13-10-9-12-21(22)18(4)26-27-25-7-3/h6-7,9-10,12-17,25,27H,3,5,8,11H2,1-2,4H3/b19-6-,26-18+. The summed E-state index contributed by atoms with van der Waals surface area (Å²) in [6.07, 6.45) is 9.06. The lowest BCUT2D eigenvalue weighted by Gasteiger charge is -2.21. The summed E-state index contributed by atoms with van der Waals surface area (Å²) in [7, 11) is 0. The predicted octanol–water partition coefficient (Wildman–Crippen LogP) is 4.77. The molecule has 6 nitrogen and oxygen atoms in total. The summed E-state index contributed by atoms with van der Waals surface area (Å²) < 4.78 is 0. The van der Waals surface area contributed by atoms with E-state index in [1.54, 1.807) is 11.1 Å². The van der Waals surface area contributed by atoms with Crippen LogP contribution in [0.2, 0.25) is 0 Å². The number of carbonyl (C=O) groups is 1. The van der Waals surface area contributed by atoms with Gasteiger partial charge in [0.2, 0.25) is 6.41 Å². The molecule has 1 heterocycles. The average molecular weight is 392 g/mol. The Labute approximate surface area is 173 Å². The van der Waals surface area contributed by atoms with Crippen molar-refractivity contribution in [3.8, 4) is 11.3 Å². The Kier molecular flexibility index (Phi) is 8.63. The van der Waals surface area contributed by atoms with Gasteiger partial charge < -0.3 is 0 Å². The number of allylic oxidation sites excluding steroid dienone is 2. The molecule has 152 valence electrons. The van der Waals surface area contributed by atoms with Gasteiger partial charge in [0.25, 0.3) is 0 Å². The van der Waals surface area contributed by atoms with Gasteiger partial charge in [0, 0.05) is 23.0 Å². The van der Waals surface area contributed by atoms with E-state index < -0.39 is 0 Å². The van der Waals surface area contributed by atoms with Gasteiger partial charge in [-0.3, -0.25) is 20.1 Å². The molecule has 0 aliphatic rings. The molecule has 0 saturated heterocycles. The van der Waals surface area contributed by atoms with Crippen LogP contribution in [-0.4, -0.2) is 17.1 Å². The van der Waals surface area contributed by atoms with Gasteiger partial charge in [-0.1, -0.05) is 50.3 Å². The number of anilines is 1. The highest BCUT2D eigenvalue weighted by Crippen LogP contribution is 2.26. The van der Waals surface area contributed by atoms with Crippen molar-refractivity contribution in [3.63, 3.8) is 0 Å². The molecule has 0 atom stereocenters. The van der Waals surface area contributed by atoms with Crippen molar-refractivity contribution in [2.24, 2.45) is 5.10 Å². The van der Waals surface area contributed by atoms with Gasteiger partial charge >= 0.3 is 0 Å². The summed E-state index contributed by atoms with van der Waals surface area (Å²) in [6, 6.07) is 11.8. The minimum atomic E-state index is 0.757. The third kappa shape index (κ3) is 5.78. The maximum absolute atomic E-state index is 11.7. The first-order valence-corrected chi connectivity index (χ1v) is 9.77.